The van der Waals surface area contributed by atoms with E-state index in [2.05, 4.69) is 21.3 Å². The highest BCUT2D eigenvalue weighted by Gasteiger charge is 2.33. The van der Waals surface area contributed by atoms with E-state index in [1.54, 1.807) is 12.1 Å². The smallest absolute Gasteiger partial charge is 0.198 e. The van der Waals surface area contributed by atoms with E-state index in [0.29, 0.717) is 22.3 Å². The quantitative estimate of drug-likeness (QED) is 0.471. The third-order valence-corrected chi connectivity index (χ3v) is 5.47. The van der Waals surface area contributed by atoms with Crippen molar-refractivity contribution in [3.8, 4) is 0 Å². The van der Waals surface area contributed by atoms with E-state index < -0.39 is 0 Å². The van der Waals surface area contributed by atoms with Crippen LogP contribution in [0.15, 0.2) is 36.4 Å². The van der Waals surface area contributed by atoms with Gasteiger partial charge in [-0.05, 0) is 57.6 Å². The summed E-state index contributed by atoms with van der Waals surface area (Å²) in [6, 6.07) is 11.0. The van der Waals surface area contributed by atoms with Crippen LogP contribution in [0.2, 0.25) is 0 Å². The molecule has 1 aliphatic carbocycles. The van der Waals surface area contributed by atoms with Gasteiger partial charge in [-0.15, -0.1) is 0 Å². The molecule has 1 heterocycles. The van der Waals surface area contributed by atoms with Gasteiger partial charge < -0.3 is 21.3 Å². The average molecular weight is 393 g/mol. The Morgan fingerprint density at radius 3 is 1.48 bits per heavy atom. The molecule has 2 aromatic carbocycles. The van der Waals surface area contributed by atoms with Gasteiger partial charge >= 0.3 is 0 Å². The van der Waals surface area contributed by atoms with Gasteiger partial charge in [-0.25, -0.2) is 0 Å². The van der Waals surface area contributed by atoms with Gasteiger partial charge in [-0.3, -0.25) is 9.59 Å². The lowest BCUT2D eigenvalue weighted by Gasteiger charge is -2.23. The van der Waals surface area contributed by atoms with Crippen LogP contribution in [0.3, 0.4) is 0 Å². The van der Waals surface area contributed by atoms with Crippen molar-refractivity contribution in [3.63, 3.8) is 0 Å². The molecule has 0 aromatic heterocycles. The number of hydrogen-bond donors (Lipinski definition) is 4. The maximum absolute atomic E-state index is 13.5. The Hall–Kier alpha value is -2.70. The number of nitrogens with one attached hydrogen (secondary N) is 4. The summed E-state index contributed by atoms with van der Waals surface area (Å²) in [5.74, 6) is -0.169. The zero-order chi connectivity index (χ0) is 20.1. The fourth-order valence-electron chi connectivity index (χ4n) is 4.00. The minimum atomic E-state index is -0.0850. The predicted octanol–water partition coefficient (Wildman–Crippen LogP) is 2.65. The van der Waals surface area contributed by atoms with Crippen LogP contribution in [0, 0.1) is 0 Å². The summed E-state index contributed by atoms with van der Waals surface area (Å²) in [5, 5.41) is 13.6. The van der Waals surface area contributed by atoms with E-state index in [-0.39, 0.29) is 11.6 Å². The highest BCUT2D eigenvalue weighted by Crippen LogP contribution is 2.35. The first-order valence-corrected chi connectivity index (χ1v) is 10.5. The maximum atomic E-state index is 13.5. The second-order valence-corrected chi connectivity index (χ2v) is 7.53. The Morgan fingerprint density at radius 1 is 0.552 bits per heavy atom. The van der Waals surface area contributed by atoms with Crippen LogP contribution in [-0.2, 0) is 0 Å². The molecule has 6 nitrogen and oxygen atoms in total. The summed E-state index contributed by atoms with van der Waals surface area (Å²) in [4.78, 5) is 26.6. The molecule has 0 radical (unpaired) electrons. The monoisotopic (exact) mass is 392 g/mol. The van der Waals surface area contributed by atoms with Crippen LogP contribution >= 0.6 is 0 Å². The van der Waals surface area contributed by atoms with Gasteiger partial charge in [0.15, 0.2) is 11.6 Å². The van der Waals surface area contributed by atoms with Gasteiger partial charge in [0.1, 0.15) is 0 Å². The normalized spacial score (nSPS) is 18.2. The van der Waals surface area contributed by atoms with E-state index in [1.165, 1.54) is 0 Å². The summed E-state index contributed by atoms with van der Waals surface area (Å²) >= 11 is 0. The van der Waals surface area contributed by atoms with E-state index in [9.17, 15) is 9.59 Å². The highest BCUT2D eigenvalue weighted by molar-refractivity contribution is 6.31. The Kier molecular flexibility index (Phi) is 6.22. The van der Waals surface area contributed by atoms with Crippen LogP contribution in [0.5, 0.6) is 0 Å². The Bertz CT molecular complexity index is 840. The van der Waals surface area contributed by atoms with Gasteiger partial charge in [0.25, 0.3) is 0 Å². The number of rotatable bonds is 0. The zero-order valence-corrected chi connectivity index (χ0v) is 16.6. The van der Waals surface area contributed by atoms with E-state index >= 15 is 0 Å². The first-order chi connectivity index (χ1) is 14.3. The van der Waals surface area contributed by atoms with Crippen molar-refractivity contribution in [3.05, 3.63) is 58.7 Å². The third-order valence-electron chi connectivity index (χ3n) is 5.47. The molecule has 2 bridgehead atoms. The van der Waals surface area contributed by atoms with Crippen LogP contribution in [0.1, 0.15) is 51.1 Å². The van der Waals surface area contributed by atoms with Gasteiger partial charge in [0.2, 0.25) is 0 Å². The standard InChI is InChI=1S/C23H28N4O2/c28-22-16-6-1-8-18-20(16)23(29)21-17(22)7-2-9-19(21)27-15-5-13-25-11-3-10-24-12-4-14-26-18/h1-2,6-9,24-27H,3-5,10-15H2. The Balaban J connectivity index is 1.67. The topological polar surface area (TPSA) is 82.3 Å². The number of carbonyl (C=O) groups excluding carboxylic acids is 2. The lowest BCUT2D eigenvalue weighted by molar-refractivity contribution is 0.0980. The fraction of sp³-hybridized carbons (Fsp3) is 0.391. The molecular weight excluding hydrogens is 364 g/mol. The molecule has 4 N–H and O–H groups in total. The summed E-state index contributed by atoms with van der Waals surface area (Å²) in [6.07, 6.45) is 3.00. The molecule has 0 unspecified atom stereocenters. The third kappa shape index (κ3) is 4.18. The van der Waals surface area contributed by atoms with E-state index in [4.69, 9.17) is 0 Å². The lowest BCUT2D eigenvalue weighted by atomic mass is 9.82. The molecule has 29 heavy (non-hydrogen) atoms. The Labute approximate surface area is 171 Å². The molecule has 0 saturated carbocycles. The minimum absolute atomic E-state index is 0.0837. The first-order valence-electron chi connectivity index (χ1n) is 10.5. The van der Waals surface area contributed by atoms with Crippen molar-refractivity contribution < 1.29 is 9.59 Å². The predicted molar refractivity (Wildman–Crippen MR) is 116 cm³/mol. The maximum Gasteiger partial charge on any atom is 0.198 e. The number of anilines is 2. The number of ketones is 2. The van der Waals surface area contributed by atoms with E-state index in [0.717, 1.165) is 69.9 Å². The van der Waals surface area contributed by atoms with Gasteiger partial charge in [0.05, 0.1) is 11.1 Å². The largest absolute Gasteiger partial charge is 0.384 e. The summed E-state index contributed by atoms with van der Waals surface area (Å²) < 4.78 is 0. The lowest BCUT2D eigenvalue weighted by Crippen LogP contribution is -2.27. The molecule has 4 rings (SSSR count). The second kappa shape index (κ2) is 9.20. The van der Waals surface area contributed by atoms with Crippen LogP contribution in [-0.4, -0.2) is 50.8 Å². The second-order valence-electron chi connectivity index (χ2n) is 7.53. The SMILES string of the molecule is O=C1c2cccc3c2C(=O)c2c(cccc21)NCCCNCCCNCCCN3. The van der Waals surface area contributed by atoms with Crippen LogP contribution in [0.25, 0.3) is 0 Å². The summed E-state index contributed by atoms with van der Waals surface area (Å²) in [5.41, 5.74) is 3.45. The van der Waals surface area contributed by atoms with Crippen molar-refractivity contribution >= 4 is 22.9 Å². The minimum Gasteiger partial charge on any atom is -0.384 e. The molecule has 2 aliphatic rings. The van der Waals surface area contributed by atoms with Crippen molar-refractivity contribution in [1.82, 2.24) is 10.6 Å². The summed E-state index contributed by atoms with van der Waals surface area (Å²) in [7, 11) is 0. The number of hydrogen-bond acceptors (Lipinski definition) is 6. The first kappa shape index (κ1) is 19.6. The molecule has 0 spiro atoms. The molecule has 0 saturated heterocycles. The van der Waals surface area contributed by atoms with Crippen molar-refractivity contribution in [2.75, 3.05) is 49.9 Å². The van der Waals surface area contributed by atoms with Crippen molar-refractivity contribution in [1.29, 1.82) is 0 Å². The molecule has 0 fully saturated rings. The van der Waals surface area contributed by atoms with Crippen molar-refractivity contribution in [2.45, 2.75) is 19.3 Å². The molecule has 0 atom stereocenters. The van der Waals surface area contributed by atoms with Crippen LogP contribution in [0.4, 0.5) is 11.4 Å². The van der Waals surface area contributed by atoms with Gasteiger partial charge in [-0.2, -0.15) is 0 Å². The highest BCUT2D eigenvalue weighted by atomic mass is 16.1. The van der Waals surface area contributed by atoms with Gasteiger partial charge in [-0.1, -0.05) is 24.3 Å². The Morgan fingerprint density at radius 2 is 1.00 bits per heavy atom. The average Bonchev–Trinajstić information content (AvgIpc) is 2.74. The molecular formula is C23H28N4O2. The van der Waals surface area contributed by atoms with Crippen LogP contribution < -0.4 is 21.3 Å². The summed E-state index contributed by atoms with van der Waals surface area (Å²) in [6.45, 7) is 5.33. The molecule has 2 aromatic rings. The van der Waals surface area contributed by atoms with E-state index in [1.807, 2.05) is 24.3 Å². The fourth-order valence-corrected chi connectivity index (χ4v) is 4.00. The van der Waals surface area contributed by atoms with Crippen molar-refractivity contribution in [2.24, 2.45) is 0 Å². The molecule has 6 heteroatoms. The zero-order valence-electron chi connectivity index (χ0n) is 16.6. The number of carbonyl (C=O) groups is 2. The molecule has 1 aliphatic heterocycles. The van der Waals surface area contributed by atoms with Gasteiger partial charge in [0, 0.05) is 35.6 Å². The molecule has 152 valence electrons. The molecule has 0 amide bonds. The number of benzene rings is 2.